The first kappa shape index (κ1) is 32.4. The molecule has 10 aromatic carbocycles. The fourth-order valence-corrected chi connectivity index (χ4v) is 8.07. The van der Waals surface area contributed by atoms with Gasteiger partial charge >= 0.3 is 0 Å². The molecule has 1 heteroatoms. The van der Waals surface area contributed by atoms with E-state index in [1.807, 2.05) is 0 Å². The standard InChI is InChI=1S/C54H37N/c1-3-13-38(14-4-1)40-25-30-47(31-26-40)55(48-32-27-42(28-33-48)53-36-46-19-9-10-20-49(46)51-21-11-12-22-52(51)53)54-37-45(29-34-50(54)41-16-5-2-6-17-41)44-24-23-39-15-7-8-18-43(39)35-44/h1-37H. The first-order valence-electron chi connectivity index (χ1n) is 18.9. The molecule has 0 aliphatic rings. The van der Waals surface area contributed by atoms with Gasteiger partial charge in [0, 0.05) is 16.9 Å². The van der Waals surface area contributed by atoms with Crippen LogP contribution in [0.15, 0.2) is 224 Å². The van der Waals surface area contributed by atoms with Gasteiger partial charge in [0.2, 0.25) is 0 Å². The molecule has 0 atom stereocenters. The second-order valence-electron chi connectivity index (χ2n) is 14.1. The van der Waals surface area contributed by atoms with Crippen molar-refractivity contribution in [3.63, 3.8) is 0 Å². The van der Waals surface area contributed by atoms with Gasteiger partial charge in [0.25, 0.3) is 0 Å². The fourth-order valence-electron chi connectivity index (χ4n) is 8.07. The first-order chi connectivity index (χ1) is 27.3. The maximum atomic E-state index is 2.42. The molecule has 0 aliphatic carbocycles. The van der Waals surface area contributed by atoms with E-state index in [-0.39, 0.29) is 0 Å². The zero-order valence-electron chi connectivity index (χ0n) is 30.3. The molecule has 0 bridgehead atoms. The van der Waals surface area contributed by atoms with Crippen molar-refractivity contribution in [3.05, 3.63) is 224 Å². The van der Waals surface area contributed by atoms with Crippen LogP contribution in [0.25, 0.3) is 76.8 Å². The Morgan fingerprint density at radius 3 is 1.42 bits per heavy atom. The zero-order chi connectivity index (χ0) is 36.6. The third kappa shape index (κ3) is 6.12. The van der Waals surface area contributed by atoms with Gasteiger partial charge in [0.15, 0.2) is 0 Å². The minimum absolute atomic E-state index is 1.09. The van der Waals surface area contributed by atoms with E-state index < -0.39 is 0 Å². The van der Waals surface area contributed by atoms with E-state index in [1.165, 1.54) is 76.8 Å². The molecule has 0 heterocycles. The number of rotatable bonds is 7. The summed E-state index contributed by atoms with van der Waals surface area (Å²) >= 11 is 0. The molecule has 0 unspecified atom stereocenters. The van der Waals surface area contributed by atoms with E-state index in [1.54, 1.807) is 0 Å². The Kier molecular flexibility index (Phi) is 8.24. The molecule has 0 spiro atoms. The summed E-state index contributed by atoms with van der Waals surface area (Å²) in [7, 11) is 0. The normalized spacial score (nSPS) is 11.3. The van der Waals surface area contributed by atoms with Crippen LogP contribution in [-0.2, 0) is 0 Å². The van der Waals surface area contributed by atoms with E-state index in [2.05, 4.69) is 229 Å². The molecule has 0 saturated carbocycles. The zero-order valence-corrected chi connectivity index (χ0v) is 30.3. The molecule has 0 aromatic heterocycles. The van der Waals surface area contributed by atoms with E-state index in [9.17, 15) is 0 Å². The van der Waals surface area contributed by atoms with Crippen molar-refractivity contribution >= 4 is 49.4 Å². The maximum Gasteiger partial charge on any atom is 0.0546 e. The Bertz CT molecular complexity index is 2950. The van der Waals surface area contributed by atoms with Gasteiger partial charge in [-0.25, -0.2) is 0 Å². The van der Waals surface area contributed by atoms with Crippen LogP contribution >= 0.6 is 0 Å². The van der Waals surface area contributed by atoms with Gasteiger partial charge in [-0.05, 0) is 114 Å². The van der Waals surface area contributed by atoms with Gasteiger partial charge in [-0.3, -0.25) is 0 Å². The number of nitrogens with zero attached hydrogens (tertiary/aromatic N) is 1. The quantitative estimate of drug-likeness (QED) is 0.150. The lowest BCUT2D eigenvalue weighted by molar-refractivity contribution is 1.28. The third-order valence-electron chi connectivity index (χ3n) is 10.8. The Morgan fingerprint density at radius 2 is 0.709 bits per heavy atom. The Hall–Kier alpha value is -7.22. The number of hydrogen-bond acceptors (Lipinski definition) is 1. The summed E-state index contributed by atoms with van der Waals surface area (Å²) in [6.45, 7) is 0. The van der Waals surface area contributed by atoms with Crippen LogP contribution in [-0.4, -0.2) is 0 Å². The van der Waals surface area contributed by atoms with Crippen molar-refractivity contribution in [1.82, 2.24) is 0 Å². The molecular weight excluding hydrogens is 663 g/mol. The topological polar surface area (TPSA) is 3.24 Å². The van der Waals surface area contributed by atoms with Gasteiger partial charge in [0.1, 0.15) is 0 Å². The summed E-state index contributed by atoms with van der Waals surface area (Å²) in [5, 5.41) is 7.54. The Morgan fingerprint density at radius 1 is 0.236 bits per heavy atom. The summed E-state index contributed by atoms with van der Waals surface area (Å²) in [4.78, 5) is 2.42. The number of benzene rings is 10. The molecule has 10 rings (SSSR count). The van der Waals surface area contributed by atoms with E-state index in [4.69, 9.17) is 0 Å². The fraction of sp³-hybridized carbons (Fsp3) is 0. The van der Waals surface area contributed by atoms with Gasteiger partial charge < -0.3 is 4.90 Å². The van der Waals surface area contributed by atoms with E-state index in [0.29, 0.717) is 0 Å². The summed E-state index contributed by atoms with van der Waals surface area (Å²) in [6, 6.07) is 81.5. The second kappa shape index (κ2) is 14.0. The molecule has 10 aromatic rings. The maximum absolute atomic E-state index is 2.42. The van der Waals surface area contributed by atoms with E-state index >= 15 is 0 Å². The Labute approximate surface area is 322 Å². The lowest BCUT2D eigenvalue weighted by Gasteiger charge is -2.29. The second-order valence-corrected chi connectivity index (χ2v) is 14.1. The molecule has 0 N–H and O–H groups in total. The molecule has 0 amide bonds. The van der Waals surface area contributed by atoms with Crippen molar-refractivity contribution in [2.75, 3.05) is 4.90 Å². The lowest BCUT2D eigenvalue weighted by atomic mass is 9.93. The van der Waals surface area contributed by atoms with Crippen molar-refractivity contribution < 1.29 is 0 Å². The van der Waals surface area contributed by atoms with Gasteiger partial charge in [0.05, 0.1) is 5.69 Å². The van der Waals surface area contributed by atoms with Crippen LogP contribution in [0.1, 0.15) is 0 Å². The van der Waals surface area contributed by atoms with Crippen LogP contribution in [0.3, 0.4) is 0 Å². The monoisotopic (exact) mass is 699 g/mol. The van der Waals surface area contributed by atoms with Crippen molar-refractivity contribution in [1.29, 1.82) is 0 Å². The lowest BCUT2D eigenvalue weighted by Crippen LogP contribution is -2.11. The van der Waals surface area contributed by atoms with Crippen LogP contribution in [0.5, 0.6) is 0 Å². The molecule has 0 aliphatic heterocycles. The van der Waals surface area contributed by atoms with Crippen LogP contribution in [0.4, 0.5) is 17.1 Å². The predicted molar refractivity (Wildman–Crippen MR) is 235 cm³/mol. The highest BCUT2D eigenvalue weighted by atomic mass is 15.1. The summed E-state index contributed by atoms with van der Waals surface area (Å²) in [5.41, 5.74) is 12.8. The largest absolute Gasteiger partial charge is 0.310 e. The van der Waals surface area contributed by atoms with Crippen LogP contribution in [0.2, 0.25) is 0 Å². The summed E-state index contributed by atoms with van der Waals surface area (Å²) in [6.07, 6.45) is 0. The van der Waals surface area contributed by atoms with Crippen LogP contribution < -0.4 is 4.90 Å². The highest BCUT2D eigenvalue weighted by Crippen LogP contribution is 2.44. The van der Waals surface area contributed by atoms with Gasteiger partial charge in [-0.2, -0.15) is 0 Å². The summed E-state index contributed by atoms with van der Waals surface area (Å²) < 4.78 is 0. The van der Waals surface area contributed by atoms with Crippen molar-refractivity contribution in [2.45, 2.75) is 0 Å². The van der Waals surface area contributed by atoms with Crippen LogP contribution in [0, 0.1) is 0 Å². The number of fused-ring (bicyclic) bond motifs is 4. The summed E-state index contributed by atoms with van der Waals surface area (Å²) in [5.74, 6) is 0. The average Bonchev–Trinajstić information content (AvgIpc) is 3.27. The SMILES string of the molecule is c1ccc(-c2ccc(N(c3ccc(-c4cc5ccccc5c5ccccc45)cc3)c3cc(-c4ccc5ccccc5c4)ccc3-c3ccccc3)cc2)cc1. The van der Waals surface area contributed by atoms with E-state index in [0.717, 1.165) is 17.1 Å². The first-order valence-corrected chi connectivity index (χ1v) is 18.9. The Balaban J connectivity index is 1.16. The van der Waals surface area contributed by atoms with Crippen molar-refractivity contribution in [2.24, 2.45) is 0 Å². The molecule has 0 radical (unpaired) electrons. The average molecular weight is 700 g/mol. The highest BCUT2D eigenvalue weighted by Gasteiger charge is 2.20. The highest BCUT2D eigenvalue weighted by molar-refractivity contribution is 6.13. The smallest absolute Gasteiger partial charge is 0.0546 e. The minimum atomic E-state index is 1.09. The van der Waals surface area contributed by atoms with Gasteiger partial charge in [-0.15, -0.1) is 0 Å². The molecule has 1 nitrogen and oxygen atoms in total. The molecule has 0 saturated heterocycles. The minimum Gasteiger partial charge on any atom is -0.310 e. The molecule has 0 fully saturated rings. The van der Waals surface area contributed by atoms with Gasteiger partial charge in [-0.1, -0.05) is 182 Å². The number of hydrogen-bond donors (Lipinski definition) is 0. The van der Waals surface area contributed by atoms with Crippen molar-refractivity contribution in [3.8, 4) is 44.5 Å². The predicted octanol–water partition coefficient (Wildman–Crippen LogP) is 15.3. The molecule has 258 valence electrons. The number of anilines is 3. The molecule has 55 heavy (non-hydrogen) atoms. The molecular formula is C54H37N. The third-order valence-corrected chi connectivity index (χ3v) is 10.8.